The van der Waals surface area contributed by atoms with Crippen molar-refractivity contribution in [2.45, 2.75) is 40.5 Å². The monoisotopic (exact) mass is 229 g/mol. The lowest BCUT2D eigenvalue weighted by Crippen LogP contribution is -2.32. The Balaban J connectivity index is 4.01. The summed E-state index contributed by atoms with van der Waals surface area (Å²) in [5.41, 5.74) is 0.348. The molecule has 0 radical (unpaired) electrons. The number of carbonyl (C=O) groups excluding carboxylic acids is 1. The molecule has 0 spiro atoms. The van der Waals surface area contributed by atoms with E-state index in [1.54, 1.807) is 0 Å². The Morgan fingerprint density at radius 1 is 1.38 bits per heavy atom. The van der Waals surface area contributed by atoms with Crippen LogP contribution in [0.25, 0.3) is 0 Å². The van der Waals surface area contributed by atoms with E-state index < -0.39 is 0 Å². The van der Waals surface area contributed by atoms with Crippen molar-refractivity contribution < 1.29 is 9.53 Å². The second-order valence-electron chi connectivity index (χ2n) is 5.70. The van der Waals surface area contributed by atoms with Crippen LogP contribution in [0.3, 0.4) is 0 Å². The van der Waals surface area contributed by atoms with Gasteiger partial charge in [-0.15, -0.1) is 0 Å². The standard InChI is InChI=1S/C13H27NO2/c1-7-11(12(15)16-6)10-14(5)9-8-13(2,3)4/h11H,7-10H2,1-6H3. The molecule has 0 aromatic heterocycles. The summed E-state index contributed by atoms with van der Waals surface area (Å²) in [5.74, 6) is -0.0833. The number of methoxy groups -OCH3 is 1. The van der Waals surface area contributed by atoms with Crippen molar-refractivity contribution in [3.8, 4) is 0 Å². The fourth-order valence-corrected chi connectivity index (χ4v) is 1.53. The fourth-order valence-electron chi connectivity index (χ4n) is 1.53. The average Bonchev–Trinajstić information content (AvgIpc) is 2.21. The average molecular weight is 229 g/mol. The molecule has 3 heteroatoms. The molecule has 0 N–H and O–H groups in total. The van der Waals surface area contributed by atoms with Gasteiger partial charge in [-0.1, -0.05) is 27.7 Å². The molecule has 0 aliphatic carbocycles. The summed E-state index contributed by atoms with van der Waals surface area (Å²) in [6.07, 6.45) is 1.98. The number of ether oxygens (including phenoxy) is 1. The van der Waals surface area contributed by atoms with Gasteiger partial charge in [0.25, 0.3) is 0 Å². The van der Waals surface area contributed by atoms with Gasteiger partial charge in [-0.2, -0.15) is 0 Å². The minimum Gasteiger partial charge on any atom is -0.469 e. The van der Waals surface area contributed by atoms with Crippen molar-refractivity contribution in [1.82, 2.24) is 4.90 Å². The quantitative estimate of drug-likeness (QED) is 0.656. The lowest BCUT2D eigenvalue weighted by Gasteiger charge is -2.25. The molecule has 3 nitrogen and oxygen atoms in total. The Labute approximate surface area is 100 Å². The van der Waals surface area contributed by atoms with E-state index >= 15 is 0 Å². The van der Waals surface area contributed by atoms with E-state index in [-0.39, 0.29) is 11.9 Å². The first-order chi connectivity index (χ1) is 7.30. The summed E-state index contributed by atoms with van der Waals surface area (Å²) < 4.78 is 4.78. The molecule has 0 rings (SSSR count). The first-order valence-corrected chi connectivity index (χ1v) is 6.06. The van der Waals surface area contributed by atoms with Crippen LogP contribution in [-0.4, -0.2) is 38.1 Å². The van der Waals surface area contributed by atoms with Gasteiger partial charge in [-0.25, -0.2) is 0 Å². The number of rotatable bonds is 6. The number of esters is 1. The van der Waals surface area contributed by atoms with Gasteiger partial charge in [0.1, 0.15) is 0 Å². The highest BCUT2D eigenvalue weighted by molar-refractivity contribution is 5.72. The highest BCUT2D eigenvalue weighted by Crippen LogP contribution is 2.19. The third-order valence-electron chi connectivity index (χ3n) is 2.80. The zero-order valence-electron chi connectivity index (χ0n) is 11.7. The van der Waals surface area contributed by atoms with Crippen molar-refractivity contribution in [3.63, 3.8) is 0 Å². The zero-order chi connectivity index (χ0) is 12.8. The smallest absolute Gasteiger partial charge is 0.309 e. The van der Waals surface area contributed by atoms with Crippen LogP contribution in [0, 0.1) is 11.3 Å². The second-order valence-corrected chi connectivity index (χ2v) is 5.70. The van der Waals surface area contributed by atoms with Gasteiger partial charge in [0.05, 0.1) is 13.0 Å². The van der Waals surface area contributed by atoms with Crippen LogP contribution in [0.4, 0.5) is 0 Å². The minimum absolute atomic E-state index is 0.00923. The molecule has 0 saturated heterocycles. The van der Waals surface area contributed by atoms with Crippen molar-refractivity contribution in [3.05, 3.63) is 0 Å². The van der Waals surface area contributed by atoms with E-state index in [4.69, 9.17) is 4.74 Å². The summed E-state index contributed by atoms with van der Waals surface area (Å²) >= 11 is 0. The minimum atomic E-state index is -0.0925. The molecule has 16 heavy (non-hydrogen) atoms. The molecule has 0 amide bonds. The third kappa shape index (κ3) is 6.83. The molecule has 0 fully saturated rings. The maximum Gasteiger partial charge on any atom is 0.309 e. The highest BCUT2D eigenvalue weighted by Gasteiger charge is 2.19. The summed E-state index contributed by atoms with van der Waals surface area (Å²) in [4.78, 5) is 13.6. The summed E-state index contributed by atoms with van der Waals surface area (Å²) in [5, 5.41) is 0. The predicted octanol–water partition coefficient (Wildman–Crippen LogP) is 2.55. The SMILES string of the molecule is CCC(CN(C)CCC(C)(C)C)C(=O)OC. The Kier molecular flexibility index (Phi) is 6.65. The molecule has 0 bridgehead atoms. The molecule has 0 saturated carbocycles. The summed E-state index contributed by atoms with van der Waals surface area (Å²) in [6.45, 7) is 10.5. The Morgan fingerprint density at radius 3 is 2.31 bits per heavy atom. The maximum atomic E-state index is 11.4. The van der Waals surface area contributed by atoms with Gasteiger partial charge in [-0.05, 0) is 31.8 Å². The van der Waals surface area contributed by atoms with Crippen LogP contribution in [0.15, 0.2) is 0 Å². The van der Waals surface area contributed by atoms with E-state index in [1.807, 2.05) is 6.92 Å². The van der Waals surface area contributed by atoms with Crippen molar-refractivity contribution >= 4 is 5.97 Å². The first kappa shape index (κ1) is 15.4. The molecule has 0 aliphatic heterocycles. The lowest BCUT2D eigenvalue weighted by atomic mass is 9.92. The van der Waals surface area contributed by atoms with Crippen molar-refractivity contribution in [2.24, 2.45) is 11.3 Å². The van der Waals surface area contributed by atoms with Crippen molar-refractivity contribution in [2.75, 3.05) is 27.2 Å². The van der Waals surface area contributed by atoms with E-state index in [1.165, 1.54) is 7.11 Å². The summed E-state index contributed by atoms with van der Waals surface area (Å²) in [7, 11) is 3.53. The number of hydrogen-bond acceptors (Lipinski definition) is 3. The summed E-state index contributed by atoms with van der Waals surface area (Å²) in [6, 6.07) is 0. The van der Waals surface area contributed by atoms with Crippen molar-refractivity contribution in [1.29, 1.82) is 0 Å². The fraction of sp³-hybridized carbons (Fsp3) is 0.923. The van der Waals surface area contributed by atoms with E-state index in [2.05, 4.69) is 32.7 Å². The maximum absolute atomic E-state index is 11.4. The number of nitrogens with zero attached hydrogens (tertiary/aromatic N) is 1. The van der Waals surface area contributed by atoms with E-state index in [0.717, 1.165) is 25.9 Å². The number of hydrogen-bond donors (Lipinski definition) is 0. The van der Waals surface area contributed by atoms with Gasteiger partial charge in [0, 0.05) is 6.54 Å². The van der Waals surface area contributed by atoms with Gasteiger partial charge in [0.2, 0.25) is 0 Å². The Bertz CT molecular complexity index is 208. The van der Waals surface area contributed by atoms with Gasteiger partial charge < -0.3 is 9.64 Å². The van der Waals surface area contributed by atoms with Crippen LogP contribution < -0.4 is 0 Å². The van der Waals surface area contributed by atoms with Gasteiger partial charge in [-0.3, -0.25) is 4.79 Å². The second kappa shape index (κ2) is 6.89. The number of carbonyl (C=O) groups is 1. The van der Waals surface area contributed by atoms with Crippen LogP contribution in [-0.2, 0) is 9.53 Å². The Morgan fingerprint density at radius 2 is 1.94 bits per heavy atom. The first-order valence-electron chi connectivity index (χ1n) is 6.06. The van der Waals surface area contributed by atoms with Gasteiger partial charge >= 0.3 is 5.97 Å². The van der Waals surface area contributed by atoms with Crippen LogP contribution in [0.1, 0.15) is 40.5 Å². The predicted molar refractivity (Wildman–Crippen MR) is 67.4 cm³/mol. The van der Waals surface area contributed by atoms with E-state index in [9.17, 15) is 4.79 Å². The van der Waals surface area contributed by atoms with E-state index in [0.29, 0.717) is 5.41 Å². The molecule has 1 atom stereocenters. The van der Waals surface area contributed by atoms with Crippen LogP contribution in [0.5, 0.6) is 0 Å². The molecule has 0 heterocycles. The molecule has 0 aromatic carbocycles. The third-order valence-corrected chi connectivity index (χ3v) is 2.80. The van der Waals surface area contributed by atoms with Crippen LogP contribution >= 0.6 is 0 Å². The molecule has 0 aliphatic rings. The largest absolute Gasteiger partial charge is 0.469 e. The molecule has 0 aromatic rings. The lowest BCUT2D eigenvalue weighted by molar-refractivity contribution is -0.146. The molecule has 96 valence electrons. The normalized spacial score (nSPS) is 13.9. The Hall–Kier alpha value is -0.570. The topological polar surface area (TPSA) is 29.5 Å². The molecular weight excluding hydrogens is 202 g/mol. The van der Waals surface area contributed by atoms with Gasteiger partial charge in [0.15, 0.2) is 0 Å². The molecular formula is C13H27NO2. The molecule has 1 unspecified atom stereocenters. The zero-order valence-corrected chi connectivity index (χ0v) is 11.7. The van der Waals surface area contributed by atoms with Crippen LogP contribution in [0.2, 0.25) is 0 Å². The highest BCUT2D eigenvalue weighted by atomic mass is 16.5.